The SMILES string of the molecule is CC(C)(C)NC(=O)[C@H](Cc1ccccc1)N(Cc1ccc(F)cc1)C(=O)CN(c1ccccc1Cl)S(C)(=O)=O. The lowest BCUT2D eigenvalue weighted by Crippen LogP contribution is -2.56. The summed E-state index contributed by atoms with van der Waals surface area (Å²) in [5, 5.41) is 3.11. The van der Waals surface area contributed by atoms with Crippen molar-refractivity contribution in [3.8, 4) is 0 Å². The molecule has 0 aliphatic carbocycles. The topological polar surface area (TPSA) is 86.8 Å². The molecular weight excluding hydrogens is 541 g/mol. The molecule has 0 aromatic heterocycles. The monoisotopic (exact) mass is 573 g/mol. The Labute approximate surface area is 234 Å². The van der Waals surface area contributed by atoms with Crippen LogP contribution in [0.1, 0.15) is 31.9 Å². The number of anilines is 1. The minimum absolute atomic E-state index is 0.0473. The molecule has 1 atom stereocenters. The van der Waals surface area contributed by atoms with Crippen molar-refractivity contribution in [2.75, 3.05) is 17.1 Å². The summed E-state index contributed by atoms with van der Waals surface area (Å²) in [4.78, 5) is 29.0. The maximum atomic E-state index is 14.0. The molecule has 3 aromatic carbocycles. The molecule has 0 saturated heterocycles. The normalized spacial score (nSPS) is 12.5. The standard InChI is InChI=1S/C29H33ClFN3O4S/c1-29(2,3)32-28(36)26(18-21-10-6-5-7-11-21)33(19-22-14-16-23(31)17-15-22)27(35)20-34(39(4,37)38)25-13-9-8-12-24(25)30/h5-17,26H,18-20H2,1-4H3,(H,32,36)/t26-/m0/s1. The number of rotatable bonds is 10. The molecule has 1 N–H and O–H groups in total. The van der Waals surface area contributed by atoms with E-state index in [-0.39, 0.29) is 23.7 Å². The second kappa shape index (κ2) is 12.6. The van der Waals surface area contributed by atoms with Gasteiger partial charge in [-0.3, -0.25) is 13.9 Å². The maximum Gasteiger partial charge on any atom is 0.244 e. The van der Waals surface area contributed by atoms with Crippen LogP contribution in [-0.2, 0) is 32.6 Å². The highest BCUT2D eigenvalue weighted by Gasteiger charge is 2.34. The average molecular weight is 574 g/mol. The summed E-state index contributed by atoms with van der Waals surface area (Å²) >= 11 is 6.29. The van der Waals surface area contributed by atoms with E-state index in [4.69, 9.17) is 11.6 Å². The largest absolute Gasteiger partial charge is 0.350 e. The zero-order valence-corrected chi connectivity index (χ0v) is 24.0. The summed E-state index contributed by atoms with van der Waals surface area (Å²) in [6, 6.07) is 20.1. The van der Waals surface area contributed by atoms with Crippen molar-refractivity contribution < 1.29 is 22.4 Å². The third-order valence-electron chi connectivity index (χ3n) is 5.84. The molecule has 2 amide bonds. The molecular formula is C29H33ClFN3O4S. The first-order chi connectivity index (χ1) is 18.2. The second-order valence-corrected chi connectivity index (χ2v) is 12.6. The molecule has 0 heterocycles. The fourth-order valence-corrected chi connectivity index (χ4v) is 5.19. The van der Waals surface area contributed by atoms with Crippen LogP contribution in [-0.4, -0.2) is 49.5 Å². The summed E-state index contributed by atoms with van der Waals surface area (Å²) in [5.74, 6) is -1.45. The van der Waals surface area contributed by atoms with E-state index in [2.05, 4.69) is 5.32 Å². The van der Waals surface area contributed by atoms with Crippen molar-refractivity contribution in [1.82, 2.24) is 10.2 Å². The van der Waals surface area contributed by atoms with Crippen molar-refractivity contribution in [3.05, 3.63) is 101 Å². The lowest BCUT2D eigenvalue weighted by Gasteiger charge is -2.35. The van der Waals surface area contributed by atoms with Gasteiger partial charge >= 0.3 is 0 Å². The van der Waals surface area contributed by atoms with E-state index in [1.165, 1.54) is 41.3 Å². The van der Waals surface area contributed by atoms with Crippen molar-refractivity contribution in [1.29, 1.82) is 0 Å². The molecule has 0 bridgehead atoms. The Kier molecular flexibility index (Phi) is 9.74. The number of carbonyl (C=O) groups excluding carboxylic acids is 2. The molecule has 0 unspecified atom stereocenters. The second-order valence-electron chi connectivity index (χ2n) is 10.3. The molecule has 208 valence electrons. The van der Waals surface area contributed by atoms with E-state index in [1.807, 2.05) is 51.1 Å². The first-order valence-corrected chi connectivity index (χ1v) is 14.6. The predicted octanol–water partition coefficient (Wildman–Crippen LogP) is 4.80. The lowest BCUT2D eigenvalue weighted by atomic mass is 10.0. The van der Waals surface area contributed by atoms with E-state index in [0.717, 1.165) is 16.1 Å². The van der Waals surface area contributed by atoms with Crippen LogP contribution in [0.3, 0.4) is 0 Å². The number of para-hydroxylation sites is 1. The van der Waals surface area contributed by atoms with Gasteiger partial charge in [0.15, 0.2) is 0 Å². The molecule has 0 aliphatic rings. The number of nitrogens with one attached hydrogen (secondary N) is 1. The van der Waals surface area contributed by atoms with Gasteiger partial charge in [0.2, 0.25) is 21.8 Å². The molecule has 0 aliphatic heterocycles. The summed E-state index contributed by atoms with van der Waals surface area (Å²) in [6.07, 6.45) is 1.17. The Bertz CT molecular complexity index is 1390. The molecule has 0 spiro atoms. The zero-order chi connectivity index (χ0) is 28.8. The van der Waals surface area contributed by atoms with Gasteiger partial charge in [-0.2, -0.15) is 0 Å². The summed E-state index contributed by atoms with van der Waals surface area (Å²) in [6.45, 7) is 4.87. The third-order valence-corrected chi connectivity index (χ3v) is 7.28. The van der Waals surface area contributed by atoms with Gasteiger partial charge in [-0.15, -0.1) is 0 Å². The van der Waals surface area contributed by atoms with Crippen molar-refractivity contribution in [3.63, 3.8) is 0 Å². The fourth-order valence-electron chi connectivity index (χ4n) is 4.04. The van der Waals surface area contributed by atoms with Gasteiger partial charge in [0.25, 0.3) is 0 Å². The Hall–Kier alpha value is -3.43. The van der Waals surface area contributed by atoms with E-state index >= 15 is 0 Å². The highest BCUT2D eigenvalue weighted by molar-refractivity contribution is 7.92. The van der Waals surface area contributed by atoms with Crippen molar-refractivity contribution >= 4 is 39.1 Å². The van der Waals surface area contributed by atoms with Crippen molar-refractivity contribution in [2.24, 2.45) is 0 Å². The molecule has 0 saturated carbocycles. The number of amides is 2. The van der Waals surface area contributed by atoms with Gasteiger partial charge in [0.1, 0.15) is 18.4 Å². The molecule has 10 heteroatoms. The third kappa shape index (κ3) is 8.80. The smallest absolute Gasteiger partial charge is 0.244 e. The van der Waals surface area contributed by atoms with Crippen LogP contribution in [0.2, 0.25) is 5.02 Å². The van der Waals surface area contributed by atoms with Crippen LogP contribution in [0.25, 0.3) is 0 Å². The Morgan fingerprint density at radius 2 is 1.51 bits per heavy atom. The van der Waals surface area contributed by atoms with Crippen LogP contribution in [0.15, 0.2) is 78.9 Å². The number of halogens is 2. The summed E-state index contributed by atoms with van der Waals surface area (Å²) in [7, 11) is -3.93. The predicted molar refractivity (Wildman–Crippen MR) is 152 cm³/mol. The van der Waals surface area contributed by atoms with E-state index in [1.54, 1.807) is 12.1 Å². The highest BCUT2D eigenvalue weighted by Crippen LogP contribution is 2.28. The van der Waals surface area contributed by atoms with Crippen LogP contribution in [0.5, 0.6) is 0 Å². The summed E-state index contributed by atoms with van der Waals surface area (Å²) < 4.78 is 40.2. The van der Waals surface area contributed by atoms with Gasteiger partial charge < -0.3 is 10.2 Å². The minimum atomic E-state index is -3.93. The first-order valence-electron chi connectivity index (χ1n) is 12.4. The van der Waals surface area contributed by atoms with E-state index < -0.39 is 45.8 Å². The lowest BCUT2D eigenvalue weighted by molar-refractivity contribution is -0.140. The molecule has 0 radical (unpaired) electrons. The summed E-state index contributed by atoms with van der Waals surface area (Å²) in [5.41, 5.74) is 0.951. The number of carbonyl (C=O) groups is 2. The Morgan fingerprint density at radius 1 is 0.923 bits per heavy atom. The Morgan fingerprint density at radius 3 is 2.08 bits per heavy atom. The number of sulfonamides is 1. The van der Waals surface area contributed by atoms with Gasteiger partial charge in [0.05, 0.1) is 17.0 Å². The average Bonchev–Trinajstić information content (AvgIpc) is 2.85. The van der Waals surface area contributed by atoms with Crippen LogP contribution < -0.4 is 9.62 Å². The van der Waals surface area contributed by atoms with Gasteiger partial charge in [-0.25, -0.2) is 12.8 Å². The van der Waals surface area contributed by atoms with E-state index in [0.29, 0.717) is 5.56 Å². The molecule has 3 rings (SSSR count). The van der Waals surface area contributed by atoms with Gasteiger partial charge in [-0.1, -0.05) is 66.2 Å². The van der Waals surface area contributed by atoms with Gasteiger partial charge in [0, 0.05) is 18.5 Å². The zero-order valence-electron chi connectivity index (χ0n) is 22.4. The molecule has 7 nitrogen and oxygen atoms in total. The van der Waals surface area contributed by atoms with Gasteiger partial charge in [-0.05, 0) is 56.2 Å². The van der Waals surface area contributed by atoms with Crippen LogP contribution in [0.4, 0.5) is 10.1 Å². The maximum absolute atomic E-state index is 14.0. The first kappa shape index (κ1) is 30.1. The minimum Gasteiger partial charge on any atom is -0.350 e. The van der Waals surface area contributed by atoms with Crippen molar-refractivity contribution in [2.45, 2.75) is 45.3 Å². The number of nitrogens with zero attached hydrogens (tertiary/aromatic N) is 2. The molecule has 0 fully saturated rings. The quantitative estimate of drug-likeness (QED) is 0.377. The van der Waals surface area contributed by atoms with E-state index in [9.17, 15) is 22.4 Å². The highest BCUT2D eigenvalue weighted by atomic mass is 35.5. The number of hydrogen-bond acceptors (Lipinski definition) is 4. The number of hydrogen-bond donors (Lipinski definition) is 1. The Balaban J connectivity index is 2.08. The molecule has 39 heavy (non-hydrogen) atoms. The van der Waals surface area contributed by atoms with Crippen LogP contribution in [0, 0.1) is 5.82 Å². The fraction of sp³-hybridized carbons (Fsp3) is 0.310. The molecule has 3 aromatic rings. The van der Waals surface area contributed by atoms with Crippen LogP contribution >= 0.6 is 11.6 Å². The number of benzene rings is 3.